The normalized spacial score (nSPS) is 13.0. The quantitative estimate of drug-likeness (QED) is 0.176. The first kappa shape index (κ1) is 32.6. The van der Waals surface area contributed by atoms with Crippen LogP contribution in [0.4, 0.5) is 0 Å². The van der Waals surface area contributed by atoms with Crippen LogP contribution in [0.3, 0.4) is 0 Å². The van der Waals surface area contributed by atoms with Gasteiger partial charge in [-0.25, -0.2) is 4.98 Å². The standard InChI is InChI=1S/C30H29N3O.C12H16/c1-4-5-13-29-28(30(34)33(22(3)32-29)26-11-8-9-21(2)18-26)19-23-14-16-24(17-15-23)27-12-7-6-10-25(27)20-31;1-3-7-11(8-4-1)12-9-5-2-6-10-12/h6-12,14-18H,4-5,13,19H2,1-3H3;1,3-4,7-8,12H,2,5-6,9-10H2. The van der Waals surface area contributed by atoms with Crippen LogP contribution >= 0.6 is 0 Å². The van der Waals surface area contributed by atoms with E-state index in [9.17, 15) is 10.1 Å². The van der Waals surface area contributed by atoms with Crippen molar-refractivity contribution in [3.63, 3.8) is 0 Å². The maximum Gasteiger partial charge on any atom is 0.261 e. The van der Waals surface area contributed by atoms with Crippen LogP contribution in [0, 0.1) is 25.2 Å². The van der Waals surface area contributed by atoms with Gasteiger partial charge in [0, 0.05) is 12.0 Å². The van der Waals surface area contributed by atoms with Crippen molar-refractivity contribution in [2.75, 3.05) is 0 Å². The van der Waals surface area contributed by atoms with Crippen molar-refractivity contribution in [3.8, 4) is 22.9 Å². The van der Waals surface area contributed by atoms with Crippen LogP contribution < -0.4 is 5.56 Å². The lowest BCUT2D eigenvalue weighted by Crippen LogP contribution is -2.28. The molecular formula is C42H45N3O. The van der Waals surface area contributed by atoms with Crippen LogP contribution in [-0.4, -0.2) is 9.55 Å². The van der Waals surface area contributed by atoms with E-state index in [4.69, 9.17) is 4.98 Å². The third-order valence-electron chi connectivity index (χ3n) is 9.03. The number of hydrogen-bond donors (Lipinski definition) is 0. The topological polar surface area (TPSA) is 58.7 Å². The second kappa shape index (κ2) is 16.0. The molecule has 0 atom stereocenters. The summed E-state index contributed by atoms with van der Waals surface area (Å²) in [6, 6.07) is 36.9. The Labute approximate surface area is 274 Å². The van der Waals surface area contributed by atoms with Gasteiger partial charge in [0.15, 0.2) is 0 Å². The zero-order valence-corrected chi connectivity index (χ0v) is 27.5. The Balaban J connectivity index is 0.000000289. The number of aromatic nitrogens is 2. The number of aryl methyl sites for hydroxylation is 3. The van der Waals surface area contributed by atoms with Gasteiger partial charge in [0.2, 0.25) is 0 Å². The maximum absolute atomic E-state index is 13.7. The second-order valence-corrected chi connectivity index (χ2v) is 12.4. The Morgan fingerprint density at radius 2 is 1.57 bits per heavy atom. The Morgan fingerprint density at radius 1 is 0.848 bits per heavy atom. The van der Waals surface area contributed by atoms with Gasteiger partial charge in [0.05, 0.1) is 23.0 Å². The van der Waals surface area contributed by atoms with E-state index in [2.05, 4.69) is 43.3 Å². The monoisotopic (exact) mass is 607 g/mol. The molecule has 0 unspecified atom stereocenters. The third kappa shape index (κ3) is 8.09. The molecule has 0 saturated heterocycles. The average Bonchev–Trinajstić information content (AvgIpc) is 3.10. The molecule has 1 aliphatic rings. The molecule has 4 aromatic carbocycles. The highest BCUT2D eigenvalue weighted by molar-refractivity contribution is 5.70. The summed E-state index contributed by atoms with van der Waals surface area (Å²) in [6.07, 6.45) is 10.5. The molecule has 6 rings (SSSR count). The fourth-order valence-corrected chi connectivity index (χ4v) is 6.52. The van der Waals surface area contributed by atoms with Gasteiger partial charge in [0.25, 0.3) is 5.56 Å². The number of rotatable bonds is 8. The highest BCUT2D eigenvalue weighted by atomic mass is 16.1. The first-order valence-corrected chi connectivity index (χ1v) is 16.8. The van der Waals surface area contributed by atoms with Crippen molar-refractivity contribution >= 4 is 0 Å². The number of unbranched alkanes of at least 4 members (excludes halogenated alkanes) is 1. The summed E-state index contributed by atoms with van der Waals surface area (Å²) in [5.74, 6) is 1.58. The van der Waals surface area contributed by atoms with Crippen molar-refractivity contribution in [2.45, 2.75) is 84.5 Å². The lowest BCUT2D eigenvalue weighted by Gasteiger charge is -2.21. The van der Waals surface area contributed by atoms with Gasteiger partial charge in [-0.05, 0) is 91.5 Å². The molecule has 1 fully saturated rings. The van der Waals surface area contributed by atoms with E-state index in [0.717, 1.165) is 64.4 Å². The van der Waals surface area contributed by atoms with Crippen molar-refractivity contribution in [3.05, 3.63) is 153 Å². The van der Waals surface area contributed by atoms with Gasteiger partial charge < -0.3 is 0 Å². The smallest absolute Gasteiger partial charge is 0.261 e. The van der Waals surface area contributed by atoms with Crippen LogP contribution in [0.25, 0.3) is 16.8 Å². The minimum absolute atomic E-state index is 0.00288. The molecule has 1 aliphatic carbocycles. The number of nitrogens with zero attached hydrogens (tertiary/aromatic N) is 3. The molecule has 1 saturated carbocycles. The molecule has 46 heavy (non-hydrogen) atoms. The molecule has 4 heteroatoms. The minimum atomic E-state index is 0.00288. The Bertz CT molecular complexity index is 1820. The summed E-state index contributed by atoms with van der Waals surface area (Å²) < 4.78 is 1.73. The summed E-state index contributed by atoms with van der Waals surface area (Å²) in [5, 5.41) is 9.43. The highest BCUT2D eigenvalue weighted by Crippen LogP contribution is 2.32. The van der Waals surface area contributed by atoms with Crippen LogP contribution in [0.15, 0.2) is 108 Å². The average molecular weight is 608 g/mol. The van der Waals surface area contributed by atoms with Gasteiger partial charge in [-0.3, -0.25) is 9.36 Å². The van der Waals surface area contributed by atoms with Gasteiger partial charge >= 0.3 is 0 Å². The van der Waals surface area contributed by atoms with E-state index in [0.29, 0.717) is 17.8 Å². The molecule has 1 heterocycles. The third-order valence-corrected chi connectivity index (χ3v) is 9.03. The van der Waals surface area contributed by atoms with Crippen LogP contribution in [0.1, 0.15) is 97.1 Å². The van der Waals surface area contributed by atoms with E-state index in [1.54, 1.807) is 10.1 Å². The first-order chi connectivity index (χ1) is 22.5. The predicted octanol–water partition coefficient (Wildman–Crippen LogP) is 10.1. The van der Waals surface area contributed by atoms with Gasteiger partial charge in [-0.2, -0.15) is 5.26 Å². The van der Waals surface area contributed by atoms with E-state index in [1.807, 2.05) is 86.6 Å². The summed E-state index contributed by atoms with van der Waals surface area (Å²) >= 11 is 0. The molecule has 0 bridgehead atoms. The van der Waals surface area contributed by atoms with Crippen molar-refractivity contribution in [2.24, 2.45) is 0 Å². The molecule has 5 aromatic rings. The van der Waals surface area contributed by atoms with E-state index >= 15 is 0 Å². The molecule has 1 aromatic heterocycles. The second-order valence-electron chi connectivity index (χ2n) is 12.4. The van der Waals surface area contributed by atoms with Crippen molar-refractivity contribution < 1.29 is 0 Å². The van der Waals surface area contributed by atoms with Crippen LogP contribution in [0.2, 0.25) is 0 Å². The summed E-state index contributed by atoms with van der Waals surface area (Å²) in [7, 11) is 0. The van der Waals surface area contributed by atoms with Crippen LogP contribution in [0.5, 0.6) is 0 Å². The SMILES string of the molecule is CCCCc1nc(C)n(-c2cccc(C)c2)c(=O)c1Cc1ccc(-c2ccccc2C#N)cc1.c1ccc(C2CCCCC2)cc1. The Morgan fingerprint density at radius 3 is 2.26 bits per heavy atom. The maximum atomic E-state index is 13.7. The molecule has 0 amide bonds. The number of hydrogen-bond acceptors (Lipinski definition) is 3. The van der Waals surface area contributed by atoms with E-state index in [1.165, 1.54) is 32.1 Å². The summed E-state index contributed by atoms with van der Waals surface area (Å²) in [4.78, 5) is 18.6. The molecular weight excluding hydrogens is 562 g/mol. The largest absolute Gasteiger partial charge is 0.269 e. The molecule has 4 nitrogen and oxygen atoms in total. The lowest BCUT2D eigenvalue weighted by atomic mass is 9.84. The minimum Gasteiger partial charge on any atom is -0.269 e. The molecule has 0 spiro atoms. The van der Waals surface area contributed by atoms with Crippen molar-refractivity contribution in [1.29, 1.82) is 5.26 Å². The molecule has 0 N–H and O–H groups in total. The van der Waals surface area contributed by atoms with Crippen molar-refractivity contribution in [1.82, 2.24) is 9.55 Å². The number of benzene rings is 4. The van der Waals surface area contributed by atoms with Gasteiger partial charge in [-0.1, -0.05) is 118 Å². The lowest BCUT2D eigenvalue weighted by molar-refractivity contribution is 0.443. The zero-order valence-electron chi connectivity index (χ0n) is 27.5. The fourth-order valence-electron chi connectivity index (χ4n) is 6.52. The molecule has 0 radical (unpaired) electrons. The van der Waals surface area contributed by atoms with Crippen LogP contribution in [-0.2, 0) is 12.8 Å². The Hall–Kier alpha value is -4.75. The van der Waals surface area contributed by atoms with Gasteiger partial charge in [-0.15, -0.1) is 0 Å². The van der Waals surface area contributed by atoms with E-state index < -0.39 is 0 Å². The first-order valence-electron chi connectivity index (χ1n) is 16.8. The highest BCUT2D eigenvalue weighted by Gasteiger charge is 2.17. The number of nitriles is 1. The molecule has 0 aliphatic heterocycles. The Kier molecular flexibility index (Phi) is 11.4. The molecule has 234 valence electrons. The summed E-state index contributed by atoms with van der Waals surface area (Å²) in [6.45, 7) is 6.09. The van der Waals surface area contributed by atoms with E-state index in [-0.39, 0.29) is 5.56 Å². The summed E-state index contributed by atoms with van der Waals surface area (Å²) in [5.41, 5.74) is 8.77. The fraction of sp³-hybridized carbons (Fsp3) is 0.310. The predicted molar refractivity (Wildman–Crippen MR) is 190 cm³/mol. The van der Waals surface area contributed by atoms with Gasteiger partial charge in [0.1, 0.15) is 5.82 Å². The zero-order chi connectivity index (χ0) is 32.3.